The van der Waals surface area contributed by atoms with Crippen molar-refractivity contribution in [2.45, 2.75) is 51.9 Å². The standard InChI is InChI=1S/C36H40FN3O5S/c1-4-27(2)38-36(42)34(23-28-13-7-5-8-14-28)39(24-30-17-11-12-18-33(30)37)35(41)25-40(46(3,43)44)31-19-21-32(22-20-31)45-26-29-15-9-6-10-16-29/h5-22,27,34H,4,23-26H2,1-3H3,(H,38,42). The molecule has 2 atom stereocenters. The van der Waals surface area contributed by atoms with E-state index in [2.05, 4.69) is 5.32 Å². The van der Waals surface area contributed by atoms with Gasteiger partial charge in [-0.15, -0.1) is 0 Å². The fourth-order valence-corrected chi connectivity index (χ4v) is 5.72. The van der Waals surface area contributed by atoms with E-state index < -0.39 is 40.2 Å². The number of amides is 2. The fourth-order valence-electron chi connectivity index (χ4n) is 4.87. The molecule has 0 aromatic heterocycles. The summed E-state index contributed by atoms with van der Waals surface area (Å²) < 4.78 is 47.9. The van der Waals surface area contributed by atoms with Crippen molar-refractivity contribution in [1.82, 2.24) is 10.2 Å². The van der Waals surface area contributed by atoms with Gasteiger partial charge < -0.3 is 15.0 Å². The SMILES string of the molecule is CCC(C)NC(=O)C(Cc1ccccc1)N(Cc1ccccc1F)C(=O)CN(c1ccc(OCc2ccccc2)cc1)S(C)(=O)=O. The van der Waals surface area contributed by atoms with E-state index in [-0.39, 0.29) is 30.3 Å². The molecule has 0 saturated carbocycles. The molecule has 0 aliphatic carbocycles. The first-order valence-electron chi connectivity index (χ1n) is 15.2. The lowest BCUT2D eigenvalue weighted by molar-refractivity contribution is -0.140. The number of ether oxygens (including phenoxy) is 1. The van der Waals surface area contributed by atoms with Crippen molar-refractivity contribution in [2.75, 3.05) is 17.1 Å². The van der Waals surface area contributed by atoms with E-state index in [4.69, 9.17) is 4.74 Å². The van der Waals surface area contributed by atoms with Crippen LogP contribution in [0.3, 0.4) is 0 Å². The Morgan fingerprint density at radius 3 is 2.02 bits per heavy atom. The summed E-state index contributed by atoms with van der Waals surface area (Å²) in [6, 6.07) is 30.0. The second-order valence-electron chi connectivity index (χ2n) is 11.2. The molecule has 10 heteroatoms. The fraction of sp³-hybridized carbons (Fsp3) is 0.278. The van der Waals surface area contributed by atoms with Crippen LogP contribution in [-0.2, 0) is 39.2 Å². The average Bonchev–Trinajstić information content (AvgIpc) is 3.05. The first kappa shape index (κ1) is 34.2. The summed E-state index contributed by atoms with van der Waals surface area (Å²) in [7, 11) is -3.95. The Bertz CT molecular complexity index is 1690. The number of nitrogens with one attached hydrogen (secondary N) is 1. The molecule has 0 aliphatic rings. The van der Waals surface area contributed by atoms with Crippen molar-refractivity contribution in [3.8, 4) is 5.75 Å². The van der Waals surface area contributed by atoms with Gasteiger partial charge in [-0.05, 0) is 54.8 Å². The summed E-state index contributed by atoms with van der Waals surface area (Å²) >= 11 is 0. The molecule has 4 aromatic rings. The lowest BCUT2D eigenvalue weighted by atomic mass is 10.0. The number of sulfonamides is 1. The molecule has 0 bridgehead atoms. The molecule has 0 radical (unpaired) electrons. The molecule has 4 aromatic carbocycles. The Kier molecular flexibility index (Phi) is 11.9. The van der Waals surface area contributed by atoms with Gasteiger partial charge in [-0.2, -0.15) is 0 Å². The molecule has 4 rings (SSSR count). The molecular weight excluding hydrogens is 605 g/mol. The molecule has 0 fully saturated rings. The Balaban J connectivity index is 1.65. The van der Waals surface area contributed by atoms with Crippen molar-refractivity contribution < 1.29 is 27.1 Å². The zero-order chi connectivity index (χ0) is 33.1. The van der Waals surface area contributed by atoms with Crippen LogP contribution in [0.5, 0.6) is 5.75 Å². The van der Waals surface area contributed by atoms with Crippen LogP contribution in [0.2, 0.25) is 0 Å². The number of nitrogens with zero attached hydrogens (tertiary/aromatic N) is 2. The van der Waals surface area contributed by atoms with Crippen molar-refractivity contribution in [2.24, 2.45) is 0 Å². The van der Waals surface area contributed by atoms with Gasteiger partial charge in [0.2, 0.25) is 21.8 Å². The van der Waals surface area contributed by atoms with E-state index in [1.54, 1.807) is 42.5 Å². The smallest absolute Gasteiger partial charge is 0.244 e. The number of rotatable bonds is 15. The van der Waals surface area contributed by atoms with Crippen LogP contribution < -0.4 is 14.4 Å². The van der Waals surface area contributed by atoms with Crippen molar-refractivity contribution in [3.05, 3.63) is 132 Å². The number of carbonyl (C=O) groups is 2. The minimum atomic E-state index is -3.95. The number of halogens is 1. The lowest BCUT2D eigenvalue weighted by Gasteiger charge is -2.34. The van der Waals surface area contributed by atoms with Gasteiger partial charge >= 0.3 is 0 Å². The first-order valence-corrected chi connectivity index (χ1v) is 17.0. The second-order valence-corrected chi connectivity index (χ2v) is 13.1. The zero-order valence-electron chi connectivity index (χ0n) is 26.3. The van der Waals surface area contributed by atoms with Gasteiger partial charge in [0.1, 0.15) is 30.8 Å². The molecule has 1 N–H and O–H groups in total. The first-order chi connectivity index (χ1) is 22.0. The predicted molar refractivity (Wildman–Crippen MR) is 178 cm³/mol. The number of anilines is 1. The summed E-state index contributed by atoms with van der Waals surface area (Å²) in [5.41, 5.74) is 2.23. The summed E-state index contributed by atoms with van der Waals surface area (Å²) in [4.78, 5) is 29.2. The highest BCUT2D eigenvalue weighted by atomic mass is 32.2. The van der Waals surface area contributed by atoms with E-state index in [9.17, 15) is 22.4 Å². The molecule has 46 heavy (non-hydrogen) atoms. The lowest BCUT2D eigenvalue weighted by Crippen LogP contribution is -2.54. The van der Waals surface area contributed by atoms with Gasteiger partial charge in [0.25, 0.3) is 0 Å². The molecule has 0 heterocycles. The summed E-state index contributed by atoms with van der Waals surface area (Å²) in [6.07, 6.45) is 1.83. The quantitative estimate of drug-likeness (QED) is 0.178. The topological polar surface area (TPSA) is 96.0 Å². The minimum absolute atomic E-state index is 0.148. The van der Waals surface area contributed by atoms with Gasteiger partial charge in [0.15, 0.2) is 0 Å². The van der Waals surface area contributed by atoms with Crippen LogP contribution >= 0.6 is 0 Å². The number of benzene rings is 4. The molecule has 8 nitrogen and oxygen atoms in total. The van der Waals surface area contributed by atoms with Crippen LogP contribution in [0.25, 0.3) is 0 Å². The van der Waals surface area contributed by atoms with Crippen LogP contribution in [0.15, 0.2) is 109 Å². The van der Waals surface area contributed by atoms with Crippen LogP contribution in [-0.4, -0.2) is 50.0 Å². The predicted octanol–water partition coefficient (Wildman–Crippen LogP) is 5.73. The molecule has 0 saturated heterocycles. The Hall–Kier alpha value is -4.70. The van der Waals surface area contributed by atoms with Crippen LogP contribution in [0, 0.1) is 5.82 Å². The number of carbonyl (C=O) groups excluding carboxylic acids is 2. The molecular formula is C36H40FN3O5S. The van der Waals surface area contributed by atoms with Crippen molar-refractivity contribution in [3.63, 3.8) is 0 Å². The van der Waals surface area contributed by atoms with Crippen LogP contribution in [0.1, 0.15) is 37.0 Å². The van der Waals surface area contributed by atoms with E-state index in [0.29, 0.717) is 18.8 Å². The minimum Gasteiger partial charge on any atom is -0.489 e. The van der Waals surface area contributed by atoms with Gasteiger partial charge in [0, 0.05) is 24.6 Å². The highest BCUT2D eigenvalue weighted by Gasteiger charge is 2.33. The maximum atomic E-state index is 14.9. The Labute approximate surface area is 270 Å². The van der Waals surface area contributed by atoms with Crippen LogP contribution in [0.4, 0.5) is 10.1 Å². The normalized spacial score (nSPS) is 12.5. The largest absolute Gasteiger partial charge is 0.489 e. The third-order valence-corrected chi connectivity index (χ3v) is 8.76. The summed E-state index contributed by atoms with van der Waals surface area (Å²) in [5, 5.41) is 2.96. The zero-order valence-corrected chi connectivity index (χ0v) is 27.1. The van der Waals surface area contributed by atoms with E-state index >= 15 is 0 Å². The van der Waals surface area contributed by atoms with Crippen molar-refractivity contribution >= 4 is 27.5 Å². The number of hydrogen-bond acceptors (Lipinski definition) is 5. The summed E-state index contributed by atoms with van der Waals surface area (Å²) in [6.45, 7) is 3.29. The highest BCUT2D eigenvalue weighted by Crippen LogP contribution is 2.24. The van der Waals surface area contributed by atoms with E-state index in [1.165, 1.54) is 11.0 Å². The maximum Gasteiger partial charge on any atom is 0.244 e. The Morgan fingerprint density at radius 2 is 1.43 bits per heavy atom. The molecule has 242 valence electrons. The second kappa shape index (κ2) is 16.0. The summed E-state index contributed by atoms with van der Waals surface area (Å²) in [5.74, 6) is -1.07. The van der Waals surface area contributed by atoms with Gasteiger partial charge in [0.05, 0.1) is 11.9 Å². The third-order valence-electron chi connectivity index (χ3n) is 7.62. The molecule has 2 unspecified atom stereocenters. The molecule has 0 spiro atoms. The molecule has 0 aliphatic heterocycles. The Morgan fingerprint density at radius 1 is 0.848 bits per heavy atom. The van der Waals surface area contributed by atoms with Gasteiger partial charge in [-0.25, -0.2) is 12.8 Å². The van der Waals surface area contributed by atoms with Crippen molar-refractivity contribution in [1.29, 1.82) is 0 Å². The van der Waals surface area contributed by atoms with E-state index in [0.717, 1.165) is 21.7 Å². The number of hydrogen-bond donors (Lipinski definition) is 1. The van der Waals surface area contributed by atoms with Gasteiger partial charge in [-0.1, -0.05) is 85.8 Å². The maximum absolute atomic E-state index is 14.9. The average molecular weight is 646 g/mol. The molecule has 2 amide bonds. The highest BCUT2D eigenvalue weighted by molar-refractivity contribution is 7.92. The van der Waals surface area contributed by atoms with Gasteiger partial charge in [-0.3, -0.25) is 13.9 Å². The van der Waals surface area contributed by atoms with E-state index in [1.807, 2.05) is 74.5 Å². The monoisotopic (exact) mass is 645 g/mol. The third kappa shape index (κ3) is 9.65.